The fourth-order valence-corrected chi connectivity index (χ4v) is 4.34. The van der Waals surface area contributed by atoms with Crippen LogP contribution < -0.4 is 16.0 Å². The Hall–Kier alpha value is -4.87. The highest BCUT2D eigenvalue weighted by atomic mass is 19.1. The molecule has 11 nitrogen and oxygen atoms in total. The lowest BCUT2D eigenvalue weighted by Gasteiger charge is -2.20. The number of H-pyrrole nitrogens is 1. The van der Waals surface area contributed by atoms with Crippen LogP contribution in [0.15, 0.2) is 54.6 Å². The van der Waals surface area contributed by atoms with Gasteiger partial charge in [-0.3, -0.25) is 24.0 Å². The van der Waals surface area contributed by atoms with Crippen LogP contribution in [0.25, 0.3) is 10.9 Å². The van der Waals surface area contributed by atoms with E-state index >= 15 is 0 Å². The molecule has 1 unspecified atom stereocenters. The van der Waals surface area contributed by atoms with Gasteiger partial charge in [0.25, 0.3) is 11.7 Å². The number of esters is 1. The summed E-state index contributed by atoms with van der Waals surface area (Å²) in [6, 6.07) is 12.2. The number of Topliss-reactive ketones (excluding diaryl/α,β-unsaturated/α-hetero) is 2. The first-order chi connectivity index (χ1) is 20.6. The Balaban J connectivity index is 0.000000975. The molecule has 4 N–H and O–H groups in total. The molecule has 2 heterocycles. The number of benzene rings is 2. The second-order valence-corrected chi connectivity index (χ2v) is 10.6. The molecule has 2 atom stereocenters. The molecule has 12 heteroatoms. The lowest BCUT2D eigenvalue weighted by Crippen LogP contribution is -2.48. The van der Waals surface area contributed by atoms with Crippen molar-refractivity contribution in [1.29, 1.82) is 0 Å². The van der Waals surface area contributed by atoms with Crippen molar-refractivity contribution < 1.29 is 37.9 Å². The summed E-state index contributed by atoms with van der Waals surface area (Å²) in [5, 5.41) is 7.97. The minimum atomic E-state index is -1.24. The van der Waals surface area contributed by atoms with Gasteiger partial charge >= 0.3 is 5.97 Å². The Morgan fingerprint density at radius 3 is 2.37 bits per heavy atom. The maximum atomic E-state index is 13.9. The number of aromatic nitrogens is 1. The smallest absolute Gasteiger partial charge is 0.380 e. The molecule has 2 fully saturated rings. The third-order valence-electron chi connectivity index (χ3n) is 7.10. The van der Waals surface area contributed by atoms with Gasteiger partial charge in [-0.05, 0) is 30.9 Å². The van der Waals surface area contributed by atoms with Crippen molar-refractivity contribution in [3.63, 3.8) is 0 Å². The van der Waals surface area contributed by atoms with Gasteiger partial charge in [0.05, 0.1) is 18.1 Å². The predicted molar refractivity (Wildman–Crippen MR) is 153 cm³/mol. The molecule has 1 saturated carbocycles. The van der Waals surface area contributed by atoms with Crippen molar-refractivity contribution in [2.45, 2.75) is 38.6 Å². The molecule has 3 amide bonds. The van der Waals surface area contributed by atoms with Crippen molar-refractivity contribution in [1.82, 2.24) is 20.9 Å². The minimum absolute atomic E-state index is 0.0353. The van der Waals surface area contributed by atoms with Crippen LogP contribution in [-0.2, 0) is 23.9 Å². The highest BCUT2D eigenvalue weighted by molar-refractivity contribution is 6.40. The molecule has 226 valence electrons. The molecule has 1 saturated heterocycles. The normalized spacial score (nSPS) is 16.3. The van der Waals surface area contributed by atoms with Gasteiger partial charge in [0, 0.05) is 23.4 Å². The molecule has 2 aromatic carbocycles. The summed E-state index contributed by atoms with van der Waals surface area (Å²) in [4.78, 5) is 77.0. The van der Waals surface area contributed by atoms with Crippen molar-refractivity contribution in [2.75, 3.05) is 19.7 Å². The summed E-state index contributed by atoms with van der Waals surface area (Å²) in [7, 11) is 0. The number of amides is 3. The van der Waals surface area contributed by atoms with Gasteiger partial charge in [0.2, 0.25) is 11.8 Å². The SMILES string of the molecule is CC1CC1.O=C(CNC(=O)c1cc2cccc(F)c2[nH]1)NC(C[C@@H]1CCNC1=O)C(=O)COC(=O)C(=O)c1ccccc1. The number of hydrogen-bond donors (Lipinski definition) is 4. The van der Waals surface area contributed by atoms with Crippen LogP contribution in [-0.4, -0.2) is 66.0 Å². The number of hydrogen-bond acceptors (Lipinski definition) is 7. The number of fused-ring (bicyclic) bond motifs is 1. The Labute approximate surface area is 246 Å². The third kappa shape index (κ3) is 8.81. The maximum Gasteiger partial charge on any atom is 0.380 e. The summed E-state index contributed by atoms with van der Waals surface area (Å²) >= 11 is 0. The van der Waals surface area contributed by atoms with E-state index in [9.17, 15) is 33.2 Å². The van der Waals surface area contributed by atoms with E-state index in [2.05, 4.69) is 27.9 Å². The highest BCUT2D eigenvalue weighted by Crippen LogP contribution is 2.26. The second-order valence-electron chi connectivity index (χ2n) is 10.6. The Kier molecular flexibility index (Phi) is 10.4. The molecule has 43 heavy (non-hydrogen) atoms. The topological polar surface area (TPSA) is 164 Å². The summed E-state index contributed by atoms with van der Waals surface area (Å²) in [5.41, 5.74) is 0.275. The van der Waals surface area contributed by atoms with Gasteiger partial charge in [-0.25, -0.2) is 9.18 Å². The van der Waals surface area contributed by atoms with Crippen LogP contribution in [0.3, 0.4) is 0 Å². The summed E-state index contributed by atoms with van der Waals surface area (Å²) < 4.78 is 18.8. The van der Waals surface area contributed by atoms with E-state index in [0.29, 0.717) is 18.4 Å². The molecule has 0 radical (unpaired) electrons. The molecular formula is C31H33FN4O7. The predicted octanol–water partition coefficient (Wildman–Crippen LogP) is 2.46. The summed E-state index contributed by atoms with van der Waals surface area (Å²) in [6.45, 7) is 1.37. The van der Waals surface area contributed by atoms with E-state index in [1.54, 1.807) is 24.3 Å². The minimum Gasteiger partial charge on any atom is -0.452 e. The van der Waals surface area contributed by atoms with Gasteiger partial charge < -0.3 is 25.7 Å². The molecule has 5 rings (SSSR count). The Morgan fingerprint density at radius 1 is 1.02 bits per heavy atom. The van der Waals surface area contributed by atoms with Crippen molar-refractivity contribution in [3.05, 3.63) is 71.7 Å². The monoisotopic (exact) mass is 592 g/mol. The second kappa shape index (κ2) is 14.3. The number of nitrogens with one attached hydrogen (secondary N) is 4. The number of ether oxygens (including phenoxy) is 1. The molecule has 1 aliphatic heterocycles. The average molecular weight is 593 g/mol. The fraction of sp³-hybridized carbons (Fsp3) is 0.355. The largest absolute Gasteiger partial charge is 0.452 e. The number of carbonyl (C=O) groups excluding carboxylic acids is 6. The first-order valence-electron chi connectivity index (χ1n) is 14.0. The van der Waals surface area contributed by atoms with Crippen molar-refractivity contribution >= 4 is 46.2 Å². The van der Waals surface area contributed by atoms with E-state index in [4.69, 9.17) is 4.74 Å². The molecule has 0 spiro atoms. The van der Waals surface area contributed by atoms with E-state index in [1.165, 1.54) is 43.2 Å². The zero-order valence-electron chi connectivity index (χ0n) is 23.6. The number of para-hydroxylation sites is 1. The van der Waals surface area contributed by atoms with E-state index < -0.39 is 60.3 Å². The fourth-order valence-electron chi connectivity index (χ4n) is 4.34. The summed E-state index contributed by atoms with van der Waals surface area (Å²) in [5.74, 6) is -4.60. The van der Waals surface area contributed by atoms with Crippen LogP contribution in [0.2, 0.25) is 0 Å². The number of aromatic amines is 1. The van der Waals surface area contributed by atoms with Gasteiger partial charge in [-0.15, -0.1) is 0 Å². The first-order valence-corrected chi connectivity index (χ1v) is 14.0. The van der Waals surface area contributed by atoms with E-state index in [1.807, 2.05) is 0 Å². The third-order valence-corrected chi connectivity index (χ3v) is 7.10. The molecular weight excluding hydrogens is 559 g/mol. The zero-order valence-corrected chi connectivity index (χ0v) is 23.6. The molecule has 1 aliphatic carbocycles. The van der Waals surface area contributed by atoms with Gasteiger partial charge in [0.1, 0.15) is 11.5 Å². The number of carbonyl (C=O) groups is 6. The average Bonchev–Trinajstić information content (AvgIpc) is 3.48. The first kappa shape index (κ1) is 31.1. The van der Waals surface area contributed by atoms with Crippen molar-refractivity contribution in [2.24, 2.45) is 11.8 Å². The lowest BCUT2D eigenvalue weighted by atomic mass is 9.96. The van der Waals surface area contributed by atoms with Crippen LogP contribution in [0.5, 0.6) is 0 Å². The number of halogens is 1. The van der Waals surface area contributed by atoms with Gasteiger partial charge in [0.15, 0.2) is 12.4 Å². The van der Waals surface area contributed by atoms with Crippen LogP contribution >= 0.6 is 0 Å². The Morgan fingerprint density at radius 2 is 1.74 bits per heavy atom. The molecule has 2 aliphatic rings. The maximum absolute atomic E-state index is 13.9. The number of rotatable bonds is 11. The van der Waals surface area contributed by atoms with Gasteiger partial charge in [-0.1, -0.05) is 62.2 Å². The zero-order chi connectivity index (χ0) is 30.9. The molecule has 3 aromatic rings. The van der Waals surface area contributed by atoms with Crippen LogP contribution in [0.1, 0.15) is 53.5 Å². The summed E-state index contributed by atoms with van der Waals surface area (Å²) in [6.07, 6.45) is 3.36. The van der Waals surface area contributed by atoms with Crippen LogP contribution in [0.4, 0.5) is 4.39 Å². The van der Waals surface area contributed by atoms with E-state index in [-0.39, 0.29) is 29.1 Å². The Bertz CT molecular complexity index is 1520. The standard InChI is InChI=1S/C27H25FN4O7.C4H8/c28-18-8-4-7-16-11-20(32-23(16)18)26(37)30-13-22(34)31-19(12-17-9-10-29-25(17)36)21(33)14-39-27(38)24(35)15-5-2-1-3-6-15;1-4-2-3-4/h1-8,11,17,19,32H,9-10,12-14H2,(H,29,36)(H,30,37)(H,31,34);4H,2-3H2,1H3/t17-,19?;/m0./s1. The van der Waals surface area contributed by atoms with Crippen molar-refractivity contribution in [3.8, 4) is 0 Å². The number of ketones is 2. The highest BCUT2D eigenvalue weighted by Gasteiger charge is 2.32. The quantitative estimate of drug-likeness (QED) is 0.151. The molecule has 0 bridgehead atoms. The van der Waals surface area contributed by atoms with Crippen LogP contribution in [0, 0.1) is 17.7 Å². The molecule has 1 aromatic heterocycles. The lowest BCUT2D eigenvalue weighted by molar-refractivity contribution is -0.144. The van der Waals surface area contributed by atoms with Gasteiger partial charge in [-0.2, -0.15) is 0 Å². The van der Waals surface area contributed by atoms with E-state index in [0.717, 1.165) is 5.92 Å².